The second-order valence-corrected chi connectivity index (χ2v) is 2.62. The van der Waals surface area contributed by atoms with Crippen LogP contribution in [-0.2, 0) is 0 Å². The Bertz CT molecular complexity index is 389. The Morgan fingerprint density at radius 1 is 1.54 bits per heavy atom. The lowest BCUT2D eigenvalue weighted by Gasteiger charge is -2.03. The molecule has 3 nitrogen and oxygen atoms in total. The molecule has 0 saturated carbocycles. The third-order valence-electron chi connectivity index (χ3n) is 1.46. The van der Waals surface area contributed by atoms with Crippen molar-refractivity contribution in [1.82, 2.24) is 4.98 Å². The van der Waals surface area contributed by atoms with Gasteiger partial charge in [0.15, 0.2) is 6.29 Å². The van der Waals surface area contributed by atoms with Gasteiger partial charge in [-0.25, -0.2) is 8.78 Å². The number of H-pyrrole nitrogens is 1. The zero-order valence-electron chi connectivity index (χ0n) is 6.18. The van der Waals surface area contributed by atoms with Crippen molar-refractivity contribution in [2.75, 3.05) is 0 Å². The number of halogens is 3. The second-order valence-electron chi connectivity index (χ2n) is 2.21. The van der Waals surface area contributed by atoms with Gasteiger partial charge in [-0.1, -0.05) is 11.6 Å². The van der Waals surface area contributed by atoms with Crippen molar-refractivity contribution in [3.8, 4) is 0 Å². The molecule has 13 heavy (non-hydrogen) atoms. The van der Waals surface area contributed by atoms with Crippen molar-refractivity contribution in [2.45, 2.75) is 6.43 Å². The van der Waals surface area contributed by atoms with Crippen LogP contribution in [0.3, 0.4) is 0 Å². The number of hydrogen-bond donors (Lipinski definition) is 1. The van der Waals surface area contributed by atoms with Crippen LogP contribution < -0.4 is 5.56 Å². The molecular formula is C7H4ClF2NO2. The Kier molecular flexibility index (Phi) is 2.77. The lowest BCUT2D eigenvalue weighted by atomic mass is 10.1. The summed E-state index contributed by atoms with van der Waals surface area (Å²) in [4.78, 5) is 23.2. The van der Waals surface area contributed by atoms with Crippen LogP contribution in [0.1, 0.15) is 22.3 Å². The largest absolute Gasteiger partial charge is 0.327 e. The van der Waals surface area contributed by atoms with E-state index in [4.69, 9.17) is 11.6 Å². The third kappa shape index (κ3) is 1.75. The van der Waals surface area contributed by atoms with Crippen molar-refractivity contribution < 1.29 is 13.6 Å². The molecule has 0 aliphatic rings. The third-order valence-corrected chi connectivity index (χ3v) is 1.77. The van der Waals surface area contributed by atoms with Gasteiger partial charge in [-0.15, -0.1) is 0 Å². The standard InChI is InChI=1S/C7H4ClF2NO2/c8-4-1-11-7(13)3(2-12)5(4)6(9)10/h1-2,6H,(H,11,13). The molecule has 0 amide bonds. The molecule has 0 radical (unpaired) electrons. The first kappa shape index (κ1) is 9.85. The molecule has 0 atom stereocenters. The van der Waals surface area contributed by atoms with E-state index in [1.54, 1.807) is 0 Å². The van der Waals surface area contributed by atoms with E-state index < -0.39 is 23.1 Å². The van der Waals surface area contributed by atoms with E-state index in [1.807, 2.05) is 0 Å². The summed E-state index contributed by atoms with van der Waals surface area (Å²) in [7, 11) is 0. The minimum absolute atomic E-state index is 0.0617. The van der Waals surface area contributed by atoms with Crippen molar-refractivity contribution in [1.29, 1.82) is 0 Å². The smallest absolute Gasteiger partial charge is 0.266 e. The van der Waals surface area contributed by atoms with E-state index >= 15 is 0 Å². The molecule has 0 bridgehead atoms. The van der Waals surface area contributed by atoms with Crippen molar-refractivity contribution in [3.05, 3.63) is 32.7 Å². The highest BCUT2D eigenvalue weighted by molar-refractivity contribution is 6.31. The van der Waals surface area contributed by atoms with E-state index in [2.05, 4.69) is 4.98 Å². The van der Waals surface area contributed by atoms with Crippen LogP contribution in [0.2, 0.25) is 5.02 Å². The van der Waals surface area contributed by atoms with Crippen molar-refractivity contribution in [3.63, 3.8) is 0 Å². The molecule has 1 aromatic heterocycles. The number of pyridine rings is 1. The number of aromatic nitrogens is 1. The molecule has 0 aliphatic carbocycles. The first-order valence-electron chi connectivity index (χ1n) is 3.22. The summed E-state index contributed by atoms with van der Waals surface area (Å²) in [5.74, 6) is 0. The zero-order valence-corrected chi connectivity index (χ0v) is 6.94. The maximum atomic E-state index is 12.3. The summed E-state index contributed by atoms with van der Waals surface area (Å²) in [5, 5.41) is -0.322. The van der Waals surface area contributed by atoms with Crippen LogP contribution in [0, 0.1) is 0 Å². The Morgan fingerprint density at radius 2 is 2.15 bits per heavy atom. The van der Waals surface area contributed by atoms with E-state index in [0.29, 0.717) is 0 Å². The predicted molar refractivity (Wildman–Crippen MR) is 42.4 cm³/mol. The number of carbonyl (C=O) groups is 1. The number of carbonyl (C=O) groups excluding carboxylic acids is 1. The Morgan fingerprint density at radius 3 is 2.54 bits per heavy atom. The molecule has 6 heteroatoms. The van der Waals surface area contributed by atoms with Crippen molar-refractivity contribution >= 4 is 17.9 Å². The molecule has 1 rings (SSSR count). The van der Waals surface area contributed by atoms with Crippen LogP contribution in [-0.4, -0.2) is 11.3 Å². The zero-order chi connectivity index (χ0) is 10.0. The van der Waals surface area contributed by atoms with Gasteiger partial charge >= 0.3 is 0 Å². The average Bonchev–Trinajstić information content (AvgIpc) is 2.07. The molecule has 70 valence electrons. The van der Waals surface area contributed by atoms with Crippen LogP contribution in [0.5, 0.6) is 0 Å². The number of rotatable bonds is 2. The van der Waals surface area contributed by atoms with Crippen molar-refractivity contribution in [2.24, 2.45) is 0 Å². The topological polar surface area (TPSA) is 49.9 Å². The lowest BCUT2D eigenvalue weighted by molar-refractivity contribution is 0.110. The summed E-state index contributed by atoms with van der Waals surface area (Å²) in [6, 6.07) is 0. The molecule has 0 aromatic carbocycles. The predicted octanol–water partition coefficient (Wildman–Crippen LogP) is 1.78. The monoisotopic (exact) mass is 207 g/mol. The van der Waals surface area contributed by atoms with Crippen LogP contribution in [0.25, 0.3) is 0 Å². The van der Waals surface area contributed by atoms with Gasteiger partial charge in [0.2, 0.25) is 0 Å². The van der Waals surface area contributed by atoms with E-state index in [-0.39, 0.29) is 11.3 Å². The maximum Gasteiger partial charge on any atom is 0.266 e. The SMILES string of the molecule is O=Cc1c(C(F)F)c(Cl)c[nH]c1=O. The first-order valence-corrected chi connectivity index (χ1v) is 3.60. The summed E-state index contributed by atoms with van der Waals surface area (Å²) in [6.45, 7) is 0. The van der Waals surface area contributed by atoms with Gasteiger partial charge in [-0.05, 0) is 0 Å². The van der Waals surface area contributed by atoms with Gasteiger partial charge in [0.1, 0.15) is 0 Å². The molecule has 0 spiro atoms. The van der Waals surface area contributed by atoms with Crippen LogP contribution >= 0.6 is 11.6 Å². The molecular weight excluding hydrogens is 204 g/mol. The molecule has 1 aromatic rings. The van der Waals surface area contributed by atoms with Gasteiger partial charge in [-0.3, -0.25) is 9.59 Å². The highest BCUT2D eigenvalue weighted by Crippen LogP contribution is 2.26. The number of aldehydes is 1. The molecule has 0 fully saturated rings. The quantitative estimate of drug-likeness (QED) is 0.752. The molecule has 1 heterocycles. The summed E-state index contributed by atoms with van der Waals surface area (Å²) >= 11 is 5.37. The number of alkyl halides is 2. The van der Waals surface area contributed by atoms with Crippen LogP contribution in [0.15, 0.2) is 11.0 Å². The minimum atomic E-state index is -2.94. The highest BCUT2D eigenvalue weighted by atomic mass is 35.5. The summed E-state index contributed by atoms with van der Waals surface area (Å²) < 4.78 is 24.5. The number of nitrogens with one attached hydrogen (secondary N) is 1. The van der Waals surface area contributed by atoms with Gasteiger partial charge in [0, 0.05) is 6.20 Å². The first-order chi connectivity index (χ1) is 6.07. The average molecular weight is 208 g/mol. The van der Waals surface area contributed by atoms with Gasteiger partial charge in [0.25, 0.3) is 12.0 Å². The number of aromatic amines is 1. The van der Waals surface area contributed by atoms with Crippen LogP contribution in [0.4, 0.5) is 8.78 Å². The molecule has 1 N–H and O–H groups in total. The lowest BCUT2D eigenvalue weighted by Crippen LogP contribution is -2.15. The van der Waals surface area contributed by atoms with Gasteiger partial charge in [0.05, 0.1) is 16.1 Å². The molecule has 0 unspecified atom stereocenters. The normalized spacial score (nSPS) is 10.5. The highest BCUT2D eigenvalue weighted by Gasteiger charge is 2.19. The second kappa shape index (κ2) is 3.66. The Balaban J connectivity index is 3.53. The fourth-order valence-corrected chi connectivity index (χ4v) is 1.11. The summed E-state index contributed by atoms with van der Waals surface area (Å²) in [6.07, 6.45) is -1.94. The fourth-order valence-electron chi connectivity index (χ4n) is 0.874. The van der Waals surface area contributed by atoms with E-state index in [9.17, 15) is 18.4 Å². The maximum absolute atomic E-state index is 12.3. The molecule has 0 aliphatic heterocycles. The van der Waals surface area contributed by atoms with E-state index in [1.165, 1.54) is 0 Å². The Hall–Kier alpha value is -1.23. The number of hydrogen-bond acceptors (Lipinski definition) is 2. The fraction of sp³-hybridized carbons (Fsp3) is 0.143. The van der Waals surface area contributed by atoms with Gasteiger partial charge in [-0.2, -0.15) is 0 Å². The minimum Gasteiger partial charge on any atom is -0.327 e. The van der Waals surface area contributed by atoms with E-state index in [0.717, 1.165) is 6.20 Å². The van der Waals surface area contributed by atoms with Gasteiger partial charge < -0.3 is 4.98 Å². The summed E-state index contributed by atoms with van der Waals surface area (Å²) in [5.41, 5.74) is -2.21. The Labute approximate surface area is 76.3 Å². The molecule has 0 saturated heterocycles.